The van der Waals surface area contributed by atoms with Gasteiger partial charge in [0, 0.05) is 5.56 Å². The Balaban J connectivity index is 2.54. The molecule has 1 aromatic rings. The summed E-state index contributed by atoms with van der Waals surface area (Å²) >= 11 is 3.53. The largest absolute Gasteiger partial charge is 0.496 e. The molecule has 1 aliphatic carbocycles. The molecule has 0 bridgehead atoms. The fraction of sp³-hybridized carbons (Fsp3) is 0.579. The highest BCUT2D eigenvalue weighted by Gasteiger charge is 2.29. The number of ether oxygens (including phenoxy) is 2. The zero-order chi connectivity index (χ0) is 16.1. The molecule has 0 N–H and O–H groups in total. The smallest absolute Gasteiger partial charge is 0.133 e. The lowest BCUT2D eigenvalue weighted by molar-refractivity contribution is 0.313. The Morgan fingerprint density at radius 1 is 1.14 bits per heavy atom. The van der Waals surface area contributed by atoms with E-state index in [2.05, 4.69) is 41.9 Å². The highest BCUT2D eigenvalue weighted by molar-refractivity contribution is 9.10. The van der Waals surface area contributed by atoms with Crippen LogP contribution < -0.4 is 4.74 Å². The Labute approximate surface area is 143 Å². The number of halogens is 1. The van der Waals surface area contributed by atoms with Crippen LogP contribution in [0, 0.1) is 11.8 Å². The molecular formula is C19H27BrO2. The number of benzene rings is 1. The van der Waals surface area contributed by atoms with E-state index in [-0.39, 0.29) is 0 Å². The summed E-state index contributed by atoms with van der Waals surface area (Å²) in [5.74, 6) is 3.19. The first-order chi connectivity index (χ1) is 10.7. The fourth-order valence-corrected chi connectivity index (χ4v) is 4.09. The molecule has 1 aliphatic rings. The maximum atomic E-state index is 5.89. The highest BCUT2D eigenvalue weighted by Crippen LogP contribution is 2.43. The number of hydrogen-bond donors (Lipinski definition) is 0. The summed E-state index contributed by atoms with van der Waals surface area (Å²) in [6, 6.07) is 6.23. The monoisotopic (exact) mass is 366 g/mol. The molecule has 2 nitrogen and oxygen atoms in total. The average Bonchev–Trinajstić information content (AvgIpc) is 2.56. The maximum Gasteiger partial charge on any atom is 0.133 e. The highest BCUT2D eigenvalue weighted by atomic mass is 79.9. The normalized spacial score (nSPS) is 21.6. The third-order valence-electron chi connectivity index (χ3n) is 4.85. The van der Waals surface area contributed by atoms with Gasteiger partial charge in [-0.3, -0.25) is 0 Å². The first-order valence-electron chi connectivity index (χ1n) is 8.28. The van der Waals surface area contributed by atoms with E-state index in [9.17, 15) is 0 Å². The van der Waals surface area contributed by atoms with Crippen LogP contribution in [0.4, 0.5) is 0 Å². The van der Waals surface area contributed by atoms with Crippen LogP contribution in [-0.4, -0.2) is 14.2 Å². The van der Waals surface area contributed by atoms with E-state index >= 15 is 0 Å². The quantitative estimate of drug-likeness (QED) is 0.590. The van der Waals surface area contributed by atoms with Crippen molar-refractivity contribution in [2.45, 2.75) is 46.0 Å². The fourth-order valence-electron chi connectivity index (χ4n) is 3.68. The summed E-state index contributed by atoms with van der Waals surface area (Å²) < 4.78 is 12.3. The van der Waals surface area contributed by atoms with Crippen LogP contribution in [0.2, 0.25) is 0 Å². The molecule has 0 aromatic heterocycles. The van der Waals surface area contributed by atoms with Crippen LogP contribution >= 0.6 is 15.9 Å². The minimum absolute atomic E-state index is 0.642. The first-order valence-corrected chi connectivity index (χ1v) is 9.07. The summed E-state index contributed by atoms with van der Waals surface area (Å²) in [6.45, 7) is 4.58. The third-order valence-corrected chi connectivity index (χ3v) is 5.51. The van der Waals surface area contributed by atoms with Crippen molar-refractivity contribution in [1.82, 2.24) is 0 Å². The van der Waals surface area contributed by atoms with Crippen molar-refractivity contribution >= 4 is 21.7 Å². The van der Waals surface area contributed by atoms with Crippen LogP contribution in [0.1, 0.15) is 51.5 Å². The Hall–Kier alpha value is -0.960. The van der Waals surface area contributed by atoms with E-state index in [0.29, 0.717) is 11.8 Å². The average molecular weight is 367 g/mol. The second-order valence-corrected chi connectivity index (χ2v) is 6.83. The summed E-state index contributed by atoms with van der Waals surface area (Å²) in [7, 11) is 3.50. The molecule has 0 spiro atoms. The molecule has 0 radical (unpaired) electrons. The maximum absolute atomic E-state index is 5.89. The van der Waals surface area contributed by atoms with Gasteiger partial charge in [-0.1, -0.05) is 20.3 Å². The second-order valence-electron chi connectivity index (χ2n) is 5.98. The van der Waals surface area contributed by atoms with Crippen molar-refractivity contribution in [3.05, 3.63) is 33.8 Å². The van der Waals surface area contributed by atoms with Gasteiger partial charge in [-0.2, -0.15) is 0 Å². The molecule has 1 aromatic carbocycles. The van der Waals surface area contributed by atoms with Gasteiger partial charge >= 0.3 is 0 Å². The van der Waals surface area contributed by atoms with Crippen molar-refractivity contribution < 1.29 is 9.47 Å². The van der Waals surface area contributed by atoms with Gasteiger partial charge in [0.25, 0.3) is 0 Å². The van der Waals surface area contributed by atoms with Gasteiger partial charge < -0.3 is 9.47 Å². The van der Waals surface area contributed by atoms with Crippen molar-refractivity contribution in [2.24, 2.45) is 11.8 Å². The lowest BCUT2D eigenvalue weighted by Crippen LogP contribution is -2.20. The standard InChI is InChI=1S/C19H27BrO2/c1-5-13-8-7-9-14(6-2)18(13)19(22-4)15-10-11-16(20)17(12-15)21-3/h10-14H,5-9H2,1-4H3. The predicted molar refractivity (Wildman–Crippen MR) is 96.0 cm³/mol. The van der Waals surface area contributed by atoms with E-state index in [1.807, 2.05) is 6.07 Å². The molecule has 2 unspecified atom stereocenters. The first kappa shape index (κ1) is 17.4. The Morgan fingerprint density at radius 2 is 1.77 bits per heavy atom. The van der Waals surface area contributed by atoms with Gasteiger partial charge in [0.2, 0.25) is 0 Å². The molecule has 122 valence electrons. The molecule has 22 heavy (non-hydrogen) atoms. The van der Waals surface area contributed by atoms with Gasteiger partial charge in [0.15, 0.2) is 0 Å². The zero-order valence-electron chi connectivity index (χ0n) is 14.1. The van der Waals surface area contributed by atoms with Crippen LogP contribution in [0.5, 0.6) is 5.75 Å². The van der Waals surface area contributed by atoms with Crippen molar-refractivity contribution in [3.8, 4) is 5.75 Å². The minimum atomic E-state index is 0.642. The summed E-state index contributed by atoms with van der Waals surface area (Å²) in [5, 5.41) is 0. The molecule has 0 aliphatic heterocycles. The van der Waals surface area contributed by atoms with Crippen molar-refractivity contribution in [2.75, 3.05) is 14.2 Å². The molecule has 3 heteroatoms. The van der Waals surface area contributed by atoms with Crippen LogP contribution in [-0.2, 0) is 4.74 Å². The number of allylic oxidation sites excluding steroid dienone is 1. The van der Waals surface area contributed by atoms with E-state index in [4.69, 9.17) is 9.47 Å². The number of methoxy groups -OCH3 is 2. The Kier molecular flexibility index (Phi) is 6.37. The van der Waals surface area contributed by atoms with E-state index in [1.54, 1.807) is 14.2 Å². The van der Waals surface area contributed by atoms with Crippen molar-refractivity contribution in [3.63, 3.8) is 0 Å². The van der Waals surface area contributed by atoms with Gasteiger partial charge in [-0.25, -0.2) is 0 Å². The number of hydrogen-bond acceptors (Lipinski definition) is 2. The molecule has 1 fully saturated rings. The molecule has 0 saturated heterocycles. The molecule has 1 saturated carbocycles. The molecular weight excluding hydrogens is 340 g/mol. The van der Waals surface area contributed by atoms with Gasteiger partial charge in [0.05, 0.1) is 18.7 Å². The number of rotatable bonds is 5. The van der Waals surface area contributed by atoms with E-state index in [0.717, 1.165) is 21.5 Å². The molecule has 0 amide bonds. The topological polar surface area (TPSA) is 18.5 Å². The zero-order valence-corrected chi connectivity index (χ0v) is 15.7. The van der Waals surface area contributed by atoms with Gasteiger partial charge in [0.1, 0.15) is 11.5 Å². The van der Waals surface area contributed by atoms with Crippen LogP contribution in [0.3, 0.4) is 0 Å². The summed E-state index contributed by atoms with van der Waals surface area (Å²) in [6.07, 6.45) is 6.27. The van der Waals surface area contributed by atoms with Crippen LogP contribution in [0.15, 0.2) is 28.2 Å². The van der Waals surface area contributed by atoms with Crippen LogP contribution in [0.25, 0.3) is 5.76 Å². The third kappa shape index (κ3) is 3.51. The summed E-state index contributed by atoms with van der Waals surface area (Å²) in [5.41, 5.74) is 2.64. The van der Waals surface area contributed by atoms with Gasteiger partial charge in [-0.15, -0.1) is 0 Å². The summed E-state index contributed by atoms with van der Waals surface area (Å²) in [4.78, 5) is 0. The van der Waals surface area contributed by atoms with E-state index < -0.39 is 0 Å². The second kappa shape index (κ2) is 8.05. The Bertz CT molecular complexity index is 522. The molecule has 2 rings (SSSR count). The van der Waals surface area contributed by atoms with Crippen molar-refractivity contribution in [1.29, 1.82) is 0 Å². The minimum Gasteiger partial charge on any atom is -0.496 e. The molecule has 2 atom stereocenters. The SMILES string of the molecule is CCC1CCCC(CC)C1=C(OC)c1ccc(Br)c(OC)c1. The Morgan fingerprint density at radius 3 is 2.27 bits per heavy atom. The predicted octanol–water partition coefficient (Wildman–Crippen LogP) is 6.05. The van der Waals surface area contributed by atoms with E-state index in [1.165, 1.54) is 37.7 Å². The van der Waals surface area contributed by atoms with Gasteiger partial charge in [-0.05, 0) is 77.2 Å². The molecule has 0 heterocycles. The lowest BCUT2D eigenvalue weighted by atomic mass is 9.73. The lowest BCUT2D eigenvalue weighted by Gasteiger charge is -2.33.